The van der Waals surface area contributed by atoms with Gasteiger partial charge in [-0.05, 0) is 53.9 Å². The summed E-state index contributed by atoms with van der Waals surface area (Å²) < 4.78 is 6.98. The van der Waals surface area contributed by atoms with Gasteiger partial charge in [0.25, 0.3) is 5.91 Å². The van der Waals surface area contributed by atoms with Crippen molar-refractivity contribution in [1.29, 1.82) is 0 Å². The predicted octanol–water partition coefficient (Wildman–Crippen LogP) is 7.57. The molecular weight excluding hydrogens is 517 g/mol. The quantitative estimate of drug-likeness (QED) is 0.220. The number of aromatic nitrogens is 2. The lowest BCUT2D eigenvalue weighted by atomic mass is 9.98. The monoisotopic (exact) mass is 541 g/mol. The SMILES string of the molecule is COc1cccc(-c2cc(C(=O)N[C@H](Cc3ccccc3)c3ccccc3)n(-c3ccc(Cl)c(Cl)c3)n2)c1. The van der Waals surface area contributed by atoms with Gasteiger partial charge in [0, 0.05) is 5.56 Å². The lowest BCUT2D eigenvalue weighted by molar-refractivity contribution is 0.0928. The van der Waals surface area contributed by atoms with E-state index < -0.39 is 0 Å². The van der Waals surface area contributed by atoms with E-state index >= 15 is 0 Å². The number of hydrogen-bond donors (Lipinski definition) is 1. The fourth-order valence-electron chi connectivity index (χ4n) is 4.30. The molecule has 4 aromatic carbocycles. The maximum Gasteiger partial charge on any atom is 0.270 e. The van der Waals surface area contributed by atoms with Gasteiger partial charge in [0.05, 0.1) is 34.6 Å². The van der Waals surface area contributed by atoms with E-state index in [1.807, 2.05) is 72.8 Å². The van der Waals surface area contributed by atoms with E-state index in [-0.39, 0.29) is 11.9 Å². The molecule has 1 N–H and O–H groups in total. The molecule has 1 aromatic heterocycles. The van der Waals surface area contributed by atoms with Crippen molar-refractivity contribution in [2.45, 2.75) is 12.5 Å². The van der Waals surface area contributed by atoms with Gasteiger partial charge < -0.3 is 10.1 Å². The first kappa shape index (κ1) is 25.6. The topological polar surface area (TPSA) is 56.1 Å². The number of carbonyl (C=O) groups is 1. The van der Waals surface area contributed by atoms with Crippen LogP contribution in [0.5, 0.6) is 5.75 Å². The summed E-state index contributed by atoms with van der Waals surface area (Å²) in [6.07, 6.45) is 0.639. The first-order chi connectivity index (χ1) is 18.5. The predicted molar refractivity (Wildman–Crippen MR) is 152 cm³/mol. The van der Waals surface area contributed by atoms with Gasteiger partial charge in [0.2, 0.25) is 0 Å². The summed E-state index contributed by atoms with van der Waals surface area (Å²) in [5, 5.41) is 8.82. The Kier molecular flexibility index (Phi) is 7.78. The molecule has 0 spiro atoms. The molecule has 7 heteroatoms. The Morgan fingerprint density at radius 3 is 2.32 bits per heavy atom. The van der Waals surface area contributed by atoms with Gasteiger partial charge >= 0.3 is 0 Å². The minimum absolute atomic E-state index is 0.247. The summed E-state index contributed by atoms with van der Waals surface area (Å²) in [6, 6.07) is 34.3. The zero-order chi connectivity index (χ0) is 26.5. The van der Waals surface area contributed by atoms with Crippen LogP contribution in [0.1, 0.15) is 27.7 Å². The number of rotatable bonds is 8. The minimum atomic E-state index is -0.262. The van der Waals surface area contributed by atoms with Gasteiger partial charge in [0.15, 0.2) is 0 Å². The van der Waals surface area contributed by atoms with Crippen molar-refractivity contribution in [3.05, 3.63) is 136 Å². The van der Waals surface area contributed by atoms with Crippen LogP contribution in [0.2, 0.25) is 10.0 Å². The summed E-state index contributed by atoms with van der Waals surface area (Å²) in [6.45, 7) is 0. The molecule has 38 heavy (non-hydrogen) atoms. The number of halogens is 2. The number of hydrogen-bond acceptors (Lipinski definition) is 3. The Bertz CT molecular complexity index is 1550. The van der Waals surface area contributed by atoms with Crippen LogP contribution in [0.3, 0.4) is 0 Å². The number of methoxy groups -OCH3 is 1. The molecule has 5 nitrogen and oxygen atoms in total. The van der Waals surface area contributed by atoms with E-state index in [9.17, 15) is 4.79 Å². The molecular formula is C31H25Cl2N3O2. The average Bonchev–Trinajstić information content (AvgIpc) is 3.41. The van der Waals surface area contributed by atoms with Crippen LogP contribution in [-0.2, 0) is 6.42 Å². The van der Waals surface area contributed by atoms with Crippen LogP contribution in [-0.4, -0.2) is 22.8 Å². The molecule has 0 aliphatic rings. The number of carbonyl (C=O) groups excluding carboxylic acids is 1. The van der Waals surface area contributed by atoms with Crippen LogP contribution in [0.4, 0.5) is 0 Å². The Labute approximate surface area is 231 Å². The third kappa shape index (κ3) is 5.75. The van der Waals surface area contributed by atoms with Crippen LogP contribution in [0.25, 0.3) is 16.9 Å². The van der Waals surface area contributed by atoms with Gasteiger partial charge in [-0.15, -0.1) is 0 Å². The van der Waals surface area contributed by atoms with Crippen molar-refractivity contribution in [2.75, 3.05) is 7.11 Å². The highest BCUT2D eigenvalue weighted by molar-refractivity contribution is 6.42. The Morgan fingerprint density at radius 1 is 0.868 bits per heavy atom. The minimum Gasteiger partial charge on any atom is -0.497 e. The second-order valence-electron chi connectivity index (χ2n) is 8.78. The zero-order valence-electron chi connectivity index (χ0n) is 20.6. The van der Waals surface area contributed by atoms with Crippen molar-refractivity contribution in [1.82, 2.24) is 15.1 Å². The van der Waals surface area contributed by atoms with Crippen LogP contribution < -0.4 is 10.1 Å². The summed E-state index contributed by atoms with van der Waals surface area (Å²) >= 11 is 12.5. The lowest BCUT2D eigenvalue weighted by Crippen LogP contribution is -2.31. The molecule has 0 radical (unpaired) electrons. The van der Waals surface area contributed by atoms with Crippen molar-refractivity contribution >= 4 is 29.1 Å². The van der Waals surface area contributed by atoms with Gasteiger partial charge in [-0.2, -0.15) is 5.10 Å². The molecule has 0 bridgehead atoms. The standard InChI is InChI=1S/C31H25Cl2N3O2/c1-38-25-14-8-13-23(18-25)29-20-30(36(35-29)24-15-16-26(32)27(33)19-24)31(37)34-28(22-11-6-3-7-12-22)17-21-9-4-2-5-10-21/h2-16,18-20,28H,17H2,1H3,(H,34,37)/t28-/m1/s1. The Hall–Kier alpha value is -4.06. The molecule has 0 aliphatic heterocycles. The number of benzene rings is 4. The van der Waals surface area contributed by atoms with E-state index in [1.54, 1.807) is 36.1 Å². The highest BCUT2D eigenvalue weighted by Gasteiger charge is 2.22. The van der Waals surface area contributed by atoms with Crippen LogP contribution >= 0.6 is 23.2 Å². The number of ether oxygens (including phenoxy) is 1. The molecule has 5 aromatic rings. The van der Waals surface area contributed by atoms with E-state index in [1.165, 1.54) is 0 Å². The molecule has 1 amide bonds. The summed E-state index contributed by atoms with van der Waals surface area (Å²) in [7, 11) is 1.61. The molecule has 0 saturated heterocycles. The summed E-state index contributed by atoms with van der Waals surface area (Å²) in [4.78, 5) is 13.9. The highest BCUT2D eigenvalue weighted by atomic mass is 35.5. The third-order valence-corrected chi connectivity index (χ3v) is 6.98. The van der Waals surface area contributed by atoms with Crippen molar-refractivity contribution in [3.63, 3.8) is 0 Å². The Balaban J connectivity index is 1.55. The number of nitrogens with zero attached hydrogens (tertiary/aromatic N) is 2. The molecule has 0 aliphatic carbocycles. The molecule has 0 unspecified atom stereocenters. The molecule has 1 atom stereocenters. The molecule has 190 valence electrons. The highest BCUT2D eigenvalue weighted by Crippen LogP contribution is 2.29. The van der Waals surface area contributed by atoms with Crippen LogP contribution in [0, 0.1) is 0 Å². The number of amides is 1. The normalized spacial score (nSPS) is 11.7. The van der Waals surface area contributed by atoms with E-state index in [2.05, 4.69) is 17.4 Å². The average molecular weight is 542 g/mol. The second kappa shape index (κ2) is 11.5. The molecule has 5 rings (SSSR count). The second-order valence-corrected chi connectivity index (χ2v) is 9.60. The largest absolute Gasteiger partial charge is 0.497 e. The fraction of sp³-hybridized carbons (Fsp3) is 0.0968. The first-order valence-corrected chi connectivity index (χ1v) is 12.9. The Morgan fingerprint density at radius 2 is 1.61 bits per heavy atom. The third-order valence-electron chi connectivity index (χ3n) is 6.25. The van der Waals surface area contributed by atoms with Crippen molar-refractivity contribution < 1.29 is 9.53 Å². The van der Waals surface area contributed by atoms with Gasteiger partial charge in [0.1, 0.15) is 11.4 Å². The lowest BCUT2D eigenvalue weighted by Gasteiger charge is -2.20. The van der Waals surface area contributed by atoms with E-state index in [4.69, 9.17) is 33.0 Å². The van der Waals surface area contributed by atoms with Gasteiger partial charge in [-0.3, -0.25) is 4.79 Å². The molecule has 1 heterocycles. The van der Waals surface area contributed by atoms with E-state index in [0.717, 1.165) is 16.7 Å². The zero-order valence-corrected chi connectivity index (χ0v) is 22.2. The maximum atomic E-state index is 13.9. The van der Waals surface area contributed by atoms with Crippen LogP contribution in [0.15, 0.2) is 109 Å². The van der Waals surface area contributed by atoms with E-state index in [0.29, 0.717) is 39.3 Å². The molecule has 0 fully saturated rings. The maximum absolute atomic E-state index is 13.9. The van der Waals surface area contributed by atoms with Gasteiger partial charge in [-0.25, -0.2) is 4.68 Å². The first-order valence-electron chi connectivity index (χ1n) is 12.1. The van der Waals surface area contributed by atoms with Crippen molar-refractivity contribution in [2.24, 2.45) is 0 Å². The summed E-state index contributed by atoms with van der Waals surface area (Å²) in [5.74, 6) is 0.437. The smallest absolute Gasteiger partial charge is 0.270 e. The number of nitrogens with one attached hydrogen (secondary N) is 1. The molecule has 0 saturated carbocycles. The van der Waals surface area contributed by atoms with Gasteiger partial charge in [-0.1, -0.05) is 96.0 Å². The fourth-order valence-corrected chi connectivity index (χ4v) is 4.59. The van der Waals surface area contributed by atoms with Crippen molar-refractivity contribution in [3.8, 4) is 22.7 Å². The summed E-state index contributed by atoms with van der Waals surface area (Å²) in [5.41, 5.74) is 4.57.